The molecule has 1 aliphatic rings. The number of para-hydroxylation sites is 1. The summed E-state index contributed by atoms with van der Waals surface area (Å²) < 4.78 is 17.2. The number of ketones is 1. The second-order valence-corrected chi connectivity index (χ2v) is 8.16. The van der Waals surface area contributed by atoms with Gasteiger partial charge in [0.1, 0.15) is 11.3 Å². The van der Waals surface area contributed by atoms with E-state index in [4.69, 9.17) is 25.5 Å². The third kappa shape index (κ3) is 3.91. The number of amides is 1. The third-order valence-electron chi connectivity index (χ3n) is 5.58. The molecule has 2 heterocycles. The first kappa shape index (κ1) is 21.7. The van der Waals surface area contributed by atoms with Gasteiger partial charge in [0.15, 0.2) is 24.8 Å². The number of fused-ring (bicyclic) bond motifs is 2. The Labute approximate surface area is 199 Å². The molecule has 3 aromatic carbocycles. The highest BCUT2D eigenvalue weighted by molar-refractivity contribution is 6.30. The molecule has 34 heavy (non-hydrogen) atoms. The lowest BCUT2D eigenvalue weighted by Crippen LogP contribution is -2.35. The van der Waals surface area contributed by atoms with E-state index in [1.165, 1.54) is 4.90 Å². The molecule has 170 valence electrons. The van der Waals surface area contributed by atoms with E-state index in [1.54, 1.807) is 73.8 Å². The molecule has 0 saturated carbocycles. The lowest BCUT2D eigenvalue weighted by molar-refractivity contribution is -0.120. The van der Waals surface area contributed by atoms with Crippen LogP contribution in [0.4, 0.5) is 5.69 Å². The van der Waals surface area contributed by atoms with Crippen LogP contribution in [0.3, 0.4) is 0 Å². The molecule has 0 aliphatic carbocycles. The van der Waals surface area contributed by atoms with Gasteiger partial charge in [-0.1, -0.05) is 23.7 Å². The molecule has 0 fully saturated rings. The second-order valence-electron chi connectivity index (χ2n) is 7.73. The first-order valence-electron chi connectivity index (χ1n) is 10.4. The van der Waals surface area contributed by atoms with Crippen LogP contribution in [-0.4, -0.2) is 32.0 Å². The summed E-state index contributed by atoms with van der Waals surface area (Å²) in [5.74, 6) is 0.0682. The van der Waals surface area contributed by atoms with Gasteiger partial charge in [0.05, 0.1) is 11.1 Å². The summed E-state index contributed by atoms with van der Waals surface area (Å²) in [6.45, 7) is -0.452. The van der Waals surface area contributed by atoms with Gasteiger partial charge in [-0.05, 0) is 54.6 Å². The Hall–Kier alpha value is -4.10. The minimum Gasteiger partial charge on any atom is -0.482 e. The van der Waals surface area contributed by atoms with Crippen LogP contribution in [0.1, 0.15) is 10.4 Å². The number of Topliss-reactive ketones (excluding diaryl/α,β-unsaturated/α-hetero) is 1. The second kappa shape index (κ2) is 8.68. The number of hydrogen-bond donors (Lipinski definition) is 0. The summed E-state index contributed by atoms with van der Waals surface area (Å²) in [6, 6.07) is 18.4. The number of likely N-dealkylation sites (N-methyl/N-ethyl adjacent to an activating group) is 1. The number of anilines is 1. The Kier molecular flexibility index (Phi) is 5.55. The number of ether oxygens (including phenoxy) is 2. The van der Waals surface area contributed by atoms with Crippen molar-refractivity contribution >= 4 is 39.9 Å². The summed E-state index contributed by atoms with van der Waals surface area (Å²) in [5.41, 5.74) is 1.42. The maximum absolute atomic E-state index is 13.2. The molecule has 4 aromatic rings. The highest BCUT2D eigenvalue weighted by atomic mass is 35.5. The lowest BCUT2D eigenvalue weighted by Gasteiger charge is -2.26. The van der Waals surface area contributed by atoms with E-state index in [-0.39, 0.29) is 35.2 Å². The van der Waals surface area contributed by atoms with Crippen LogP contribution in [0.5, 0.6) is 11.5 Å². The third-order valence-corrected chi connectivity index (χ3v) is 5.83. The van der Waals surface area contributed by atoms with Crippen LogP contribution >= 0.6 is 11.6 Å². The summed E-state index contributed by atoms with van der Waals surface area (Å²) in [6.07, 6.45) is 0. The zero-order chi connectivity index (χ0) is 23.8. The Morgan fingerprint density at radius 3 is 2.62 bits per heavy atom. The zero-order valence-electron chi connectivity index (χ0n) is 18.0. The number of benzene rings is 3. The molecule has 5 rings (SSSR count). The van der Waals surface area contributed by atoms with Crippen molar-refractivity contribution in [1.29, 1.82) is 0 Å². The van der Waals surface area contributed by atoms with Crippen LogP contribution < -0.4 is 19.8 Å². The minimum absolute atomic E-state index is 0.0505. The first-order chi connectivity index (χ1) is 16.4. The molecule has 1 amide bonds. The zero-order valence-corrected chi connectivity index (χ0v) is 18.8. The van der Waals surface area contributed by atoms with Gasteiger partial charge in [-0.15, -0.1) is 0 Å². The van der Waals surface area contributed by atoms with Crippen LogP contribution in [0.2, 0.25) is 5.02 Å². The van der Waals surface area contributed by atoms with E-state index < -0.39 is 6.61 Å². The van der Waals surface area contributed by atoms with Gasteiger partial charge in [-0.25, -0.2) is 0 Å². The monoisotopic (exact) mass is 475 g/mol. The average Bonchev–Trinajstić information content (AvgIpc) is 2.86. The fraction of sp³-hybridized carbons (Fsp3) is 0.115. The van der Waals surface area contributed by atoms with Crippen LogP contribution in [0, 0.1) is 0 Å². The Bertz CT molecular complexity index is 1490. The number of halogens is 1. The fourth-order valence-electron chi connectivity index (χ4n) is 3.71. The number of rotatable bonds is 5. The molecule has 7 nitrogen and oxygen atoms in total. The molecular weight excluding hydrogens is 458 g/mol. The number of carbonyl (C=O) groups excluding carboxylic acids is 2. The molecule has 0 bridgehead atoms. The van der Waals surface area contributed by atoms with Crippen LogP contribution in [-0.2, 0) is 4.79 Å². The molecule has 0 radical (unpaired) electrons. The molecule has 0 N–H and O–H groups in total. The van der Waals surface area contributed by atoms with Gasteiger partial charge < -0.3 is 18.8 Å². The van der Waals surface area contributed by atoms with Crippen molar-refractivity contribution in [3.8, 4) is 22.8 Å². The van der Waals surface area contributed by atoms with E-state index in [9.17, 15) is 14.4 Å². The predicted octanol–water partition coefficient (Wildman–Crippen LogP) is 4.73. The predicted molar refractivity (Wildman–Crippen MR) is 128 cm³/mol. The van der Waals surface area contributed by atoms with E-state index in [0.717, 1.165) is 0 Å². The van der Waals surface area contributed by atoms with Crippen molar-refractivity contribution < 1.29 is 23.5 Å². The normalized spacial score (nSPS) is 12.9. The van der Waals surface area contributed by atoms with Gasteiger partial charge in [-0.2, -0.15) is 0 Å². The van der Waals surface area contributed by atoms with Gasteiger partial charge in [0.2, 0.25) is 11.2 Å². The van der Waals surface area contributed by atoms with E-state index in [1.807, 2.05) is 0 Å². The number of nitrogens with zero attached hydrogens (tertiary/aromatic N) is 1. The molecule has 0 atom stereocenters. The molecule has 1 aromatic heterocycles. The smallest absolute Gasteiger partial charge is 0.264 e. The molecule has 8 heteroatoms. The highest BCUT2D eigenvalue weighted by Gasteiger charge is 2.24. The largest absolute Gasteiger partial charge is 0.482 e. The number of carbonyl (C=O) groups is 2. The fourth-order valence-corrected chi connectivity index (χ4v) is 3.84. The quantitative estimate of drug-likeness (QED) is 0.388. The van der Waals surface area contributed by atoms with Gasteiger partial charge in [0.25, 0.3) is 5.91 Å². The Morgan fingerprint density at radius 2 is 1.82 bits per heavy atom. The highest BCUT2D eigenvalue weighted by Crippen LogP contribution is 2.33. The summed E-state index contributed by atoms with van der Waals surface area (Å²) in [7, 11) is 1.62. The van der Waals surface area contributed by atoms with E-state index in [2.05, 4.69) is 0 Å². The molecule has 0 saturated heterocycles. The van der Waals surface area contributed by atoms with Gasteiger partial charge in [-0.3, -0.25) is 14.4 Å². The maximum atomic E-state index is 13.2. The van der Waals surface area contributed by atoms with Gasteiger partial charge >= 0.3 is 0 Å². The standard InChI is InChI=1S/C26H18ClNO6/c1-28-19-12-16(8-11-22(19)32-14-23(28)30)20(29)13-33-26-24(31)18-4-2-3-5-21(18)34-25(26)15-6-9-17(27)10-7-15/h2-12H,13-14H2,1H3. The SMILES string of the molecule is CN1C(=O)COc2ccc(C(=O)COc3c(-c4ccc(Cl)cc4)oc4ccccc4c3=O)cc21. The molecule has 1 aliphatic heterocycles. The summed E-state index contributed by atoms with van der Waals surface area (Å²) in [5, 5.41) is 0.873. The molecular formula is C26H18ClNO6. The van der Waals surface area contributed by atoms with Crippen molar-refractivity contribution in [2.45, 2.75) is 0 Å². The van der Waals surface area contributed by atoms with Crippen molar-refractivity contribution in [3.05, 3.63) is 87.5 Å². The van der Waals surface area contributed by atoms with Gasteiger partial charge in [0, 0.05) is 23.2 Å². The maximum Gasteiger partial charge on any atom is 0.264 e. The lowest BCUT2D eigenvalue weighted by atomic mass is 10.1. The average molecular weight is 476 g/mol. The van der Waals surface area contributed by atoms with Crippen molar-refractivity contribution in [2.24, 2.45) is 0 Å². The summed E-state index contributed by atoms with van der Waals surface area (Å²) >= 11 is 6.00. The van der Waals surface area contributed by atoms with E-state index >= 15 is 0 Å². The molecule has 0 unspecified atom stereocenters. The Balaban J connectivity index is 1.49. The van der Waals surface area contributed by atoms with Crippen LogP contribution in [0.25, 0.3) is 22.3 Å². The van der Waals surface area contributed by atoms with Crippen LogP contribution in [0.15, 0.2) is 75.9 Å². The number of hydrogen-bond acceptors (Lipinski definition) is 6. The van der Waals surface area contributed by atoms with Crippen molar-refractivity contribution in [2.75, 3.05) is 25.2 Å². The Morgan fingerprint density at radius 1 is 1.06 bits per heavy atom. The first-order valence-corrected chi connectivity index (χ1v) is 10.8. The van der Waals surface area contributed by atoms with Crippen molar-refractivity contribution in [1.82, 2.24) is 0 Å². The van der Waals surface area contributed by atoms with E-state index in [0.29, 0.717) is 38.6 Å². The summed E-state index contributed by atoms with van der Waals surface area (Å²) in [4.78, 5) is 39.5. The molecule has 0 spiro atoms. The minimum atomic E-state index is -0.402. The van der Waals surface area contributed by atoms with Crippen molar-refractivity contribution in [3.63, 3.8) is 0 Å². The topological polar surface area (TPSA) is 86.1 Å².